The molecule has 3 aromatic rings. The summed E-state index contributed by atoms with van der Waals surface area (Å²) < 4.78 is 5.75. The van der Waals surface area contributed by atoms with Gasteiger partial charge in [-0.1, -0.05) is 59.6 Å². The maximum atomic E-state index is 12.9. The molecule has 0 spiro atoms. The number of anilines is 1. The highest BCUT2D eigenvalue weighted by Gasteiger charge is 2.36. The van der Waals surface area contributed by atoms with Crippen LogP contribution < -0.4 is 15.0 Å². The predicted octanol–water partition coefficient (Wildman–Crippen LogP) is 5.24. The number of barbiturate groups is 1. The number of carbonyl (C=O) groups excluding carboxylic acids is 3. The van der Waals surface area contributed by atoms with Crippen molar-refractivity contribution in [3.8, 4) is 5.75 Å². The lowest BCUT2D eigenvalue weighted by Crippen LogP contribution is -2.54. The number of hydrogen-bond acceptors (Lipinski definition) is 4. The zero-order chi connectivity index (χ0) is 22.7. The Morgan fingerprint density at radius 3 is 2.31 bits per heavy atom. The Balaban J connectivity index is 1.57. The molecule has 1 saturated heterocycles. The number of nitrogens with one attached hydrogen (secondary N) is 1. The lowest BCUT2D eigenvalue weighted by atomic mass is 10.1. The van der Waals surface area contributed by atoms with Crippen molar-refractivity contribution >= 4 is 52.8 Å². The number of rotatable bonds is 5. The molecule has 0 atom stereocenters. The predicted molar refractivity (Wildman–Crippen MR) is 123 cm³/mol. The van der Waals surface area contributed by atoms with Gasteiger partial charge in [0.2, 0.25) is 0 Å². The summed E-state index contributed by atoms with van der Waals surface area (Å²) in [4.78, 5) is 38.4. The second-order valence-electron chi connectivity index (χ2n) is 6.90. The summed E-state index contributed by atoms with van der Waals surface area (Å²) in [5.41, 5.74) is 1.59. The average molecular weight is 467 g/mol. The Morgan fingerprint density at radius 2 is 1.62 bits per heavy atom. The van der Waals surface area contributed by atoms with E-state index in [9.17, 15) is 14.4 Å². The molecular weight excluding hydrogens is 451 g/mol. The minimum atomic E-state index is -0.831. The molecule has 8 heteroatoms. The third-order valence-corrected chi connectivity index (χ3v) is 5.24. The number of imide groups is 2. The second-order valence-corrected chi connectivity index (χ2v) is 7.74. The molecule has 0 aromatic heterocycles. The van der Waals surface area contributed by atoms with Crippen molar-refractivity contribution in [1.29, 1.82) is 0 Å². The molecule has 0 unspecified atom stereocenters. The summed E-state index contributed by atoms with van der Waals surface area (Å²) in [5, 5.41) is 2.95. The van der Waals surface area contributed by atoms with Gasteiger partial charge in [-0.2, -0.15) is 0 Å². The maximum absolute atomic E-state index is 12.9. The molecule has 0 saturated carbocycles. The van der Waals surface area contributed by atoms with E-state index in [0.717, 1.165) is 10.5 Å². The van der Waals surface area contributed by atoms with Gasteiger partial charge in [-0.15, -0.1) is 0 Å². The smallest absolute Gasteiger partial charge is 0.335 e. The van der Waals surface area contributed by atoms with Crippen molar-refractivity contribution in [2.24, 2.45) is 0 Å². The van der Waals surface area contributed by atoms with Crippen LogP contribution in [0.4, 0.5) is 10.5 Å². The number of hydrogen-bond donors (Lipinski definition) is 1. The van der Waals surface area contributed by atoms with Crippen LogP contribution in [0.15, 0.2) is 78.4 Å². The Labute approximate surface area is 194 Å². The van der Waals surface area contributed by atoms with Crippen LogP contribution in [0.2, 0.25) is 10.0 Å². The average Bonchev–Trinajstić information content (AvgIpc) is 2.78. The number of benzene rings is 3. The zero-order valence-corrected chi connectivity index (χ0v) is 18.1. The van der Waals surface area contributed by atoms with E-state index in [4.69, 9.17) is 27.9 Å². The number of urea groups is 1. The Kier molecular flexibility index (Phi) is 6.25. The lowest BCUT2D eigenvalue weighted by Gasteiger charge is -2.26. The number of carbonyl (C=O) groups is 3. The van der Waals surface area contributed by atoms with E-state index in [1.54, 1.807) is 30.3 Å². The minimum absolute atomic E-state index is 0.200. The van der Waals surface area contributed by atoms with Gasteiger partial charge in [-0.3, -0.25) is 14.9 Å². The highest BCUT2D eigenvalue weighted by Crippen LogP contribution is 2.28. The third-order valence-electron chi connectivity index (χ3n) is 4.69. The molecular formula is C24H16Cl2N2O4. The molecule has 1 heterocycles. The topological polar surface area (TPSA) is 75.7 Å². The summed E-state index contributed by atoms with van der Waals surface area (Å²) in [6.07, 6.45) is 1.37. The van der Waals surface area contributed by atoms with E-state index in [-0.39, 0.29) is 11.3 Å². The normalized spacial score (nSPS) is 15.1. The summed E-state index contributed by atoms with van der Waals surface area (Å²) in [7, 11) is 0. The van der Waals surface area contributed by atoms with Crippen molar-refractivity contribution in [2.45, 2.75) is 6.61 Å². The van der Waals surface area contributed by atoms with Gasteiger partial charge >= 0.3 is 6.03 Å². The molecule has 6 nitrogen and oxygen atoms in total. The van der Waals surface area contributed by atoms with Crippen LogP contribution >= 0.6 is 23.2 Å². The van der Waals surface area contributed by atoms with E-state index >= 15 is 0 Å². The maximum Gasteiger partial charge on any atom is 0.335 e. The highest BCUT2D eigenvalue weighted by atomic mass is 35.5. The molecule has 160 valence electrons. The lowest BCUT2D eigenvalue weighted by molar-refractivity contribution is -0.122. The summed E-state index contributed by atoms with van der Waals surface area (Å²) in [6.45, 7) is 0.347. The van der Waals surface area contributed by atoms with Crippen LogP contribution in [0.5, 0.6) is 5.75 Å². The van der Waals surface area contributed by atoms with Crippen molar-refractivity contribution in [3.63, 3.8) is 0 Å². The second kappa shape index (κ2) is 9.26. The number of amides is 4. The number of ether oxygens (including phenoxy) is 1. The van der Waals surface area contributed by atoms with E-state index in [1.807, 2.05) is 30.3 Å². The molecule has 1 aliphatic heterocycles. The summed E-state index contributed by atoms with van der Waals surface area (Å²) in [5.74, 6) is -1.07. The fourth-order valence-electron chi connectivity index (χ4n) is 3.11. The molecule has 32 heavy (non-hydrogen) atoms. The fourth-order valence-corrected chi connectivity index (χ4v) is 3.48. The zero-order valence-electron chi connectivity index (χ0n) is 16.5. The van der Waals surface area contributed by atoms with E-state index < -0.39 is 17.8 Å². The van der Waals surface area contributed by atoms with Crippen molar-refractivity contribution in [3.05, 3.63) is 99.5 Å². The van der Waals surface area contributed by atoms with Gasteiger partial charge < -0.3 is 4.74 Å². The Hall–Kier alpha value is -3.61. The molecule has 1 aliphatic rings. The highest BCUT2D eigenvalue weighted by molar-refractivity contribution is 6.39. The molecule has 4 amide bonds. The van der Waals surface area contributed by atoms with Crippen LogP contribution in [0.25, 0.3) is 6.08 Å². The number of nitrogens with zero attached hydrogens (tertiary/aromatic N) is 1. The first-order valence-electron chi connectivity index (χ1n) is 9.55. The SMILES string of the molecule is O=C1NC(=O)N(c2ccc(Cl)cc2)C(=O)/C1=C/c1ccc(OCc2ccccc2)c(Cl)c1. The Morgan fingerprint density at radius 1 is 0.906 bits per heavy atom. The molecule has 4 rings (SSSR count). The van der Waals surface area contributed by atoms with Crippen LogP contribution in [0.3, 0.4) is 0 Å². The number of halogens is 2. The fraction of sp³-hybridized carbons (Fsp3) is 0.0417. The quantitative estimate of drug-likeness (QED) is 0.412. The summed E-state index contributed by atoms with van der Waals surface area (Å²) >= 11 is 12.2. The first-order chi connectivity index (χ1) is 15.4. The van der Waals surface area contributed by atoms with Gasteiger partial charge in [0, 0.05) is 5.02 Å². The minimum Gasteiger partial charge on any atom is -0.487 e. The van der Waals surface area contributed by atoms with Gasteiger partial charge in [-0.25, -0.2) is 9.69 Å². The standard InChI is InChI=1S/C24H16Cl2N2O4/c25-17-7-9-18(10-8-17)28-23(30)19(22(29)27-24(28)31)12-16-6-11-21(20(26)13-16)32-14-15-4-2-1-3-5-15/h1-13H,14H2,(H,27,29,31)/b19-12+. The molecule has 0 aliphatic carbocycles. The third kappa shape index (κ3) is 4.66. The van der Waals surface area contributed by atoms with Gasteiger partial charge in [0.15, 0.2) is 0 Å². The van der Waals surface area contributed by atoms with E-state index in [0.29, 0.717) is 28.0 Å². The van der Waals surface area contributed by atoms with Crippen molar-refractivity contribution in [1.82, 2.24) is 5.32 Å². The summed E-state index contributed by atoms with van der Waals surface area (Å²) in [6, 6.07) is 19.8. The monoisotopic (exact) mass is 466 g/mol. The molecule has 3 aromatic carbocycles. The molecule has 1 fully saturated rings. The van der Waals surface area contributed by atoms with E-state index in [1.165, 1.54) is 18.2 Å². The van der Waals surface area contributed by atoms with Crippen molar-refractivity contribution < 1.29 is 19.1 Å². The molecule has 0 bridgehead atoms. The van der Waals surface area contributed by atoms with Crippen LogP contribution in [-0.4, -0.2) is 17.8 Å². The van der Waals surface area contributed by atoms with Crippen LogP contribution in [0.1, 0.15) is 11.1 Å². The Bertz CT molecular complexity index is 1220. The van der Waals surface area contributed by atoms with Gasteiger partial charge in [0.05, 0.1) is 10.7 Å². The molecule has 1 N–H and O–H groups in total. The van der Waals surface area contributed by atoms with E-state index in [2.05, 4.69) is 5.32 Å². The van der Waals surface area contributed by atoms with Gasteiger partial charge in [-0.05, 0) is 53.6 Å². The van der Waals surface area contributed by atoms with Crippen molar-refractivity contribution in [2.75, 3.05) is 4.90 Å². The largest absolute Gasteiger partial charge is 0.487 e. The molecule has 0 radical (unpaired) electrons. The van der Waals surface area contributed by atoms with Crippen LogP contribution in [-0.2, 0) is 16.2 Å². The van der Waals surface area contributed by atoms with Gasteiger partial charge in [0.1, 0.15) is 17.9 Å². The first-order valence-corrected chi connectivity index (χ1v) is 10.3. The van der Waals surface area contributed by atoms with Crippen LogP contribution in [0, 0.1) is 0 Å². The first kappa shape index (κ1) is 21.6. The van der Waals surface area contributed by atoms with Gasteiger partial charge in [0.25, 0.3) is 11.8 Å².